The molecule has 0 aliphatic carbocycles. The first kappa shape index (κ1) is 17.1. The highest BCUT2D eigenvalue weighted by molar-refractivity contribution is 5.91. The number of carbonyl (C=O) groups excluding carboxylic acids is 1. The van der Waals surface area contributed by atoms with Crippen molar-refractivity contribution in [2.24, 2.45) is 0 Å². The third-order valence-corrected chi connectivity index (χ3v) is 3.78. The van der Waals surface area contributed by atoms with E-state index in [1.807, 2.05) is 6.07 Å². The average Bonchev–Trinajstić information content (AvgIpc) is 3.09. The Balaban J connectivity index is 2.19. The van der Waals surface area contributed by atoms with Gasteiger partial charge in [0.25, 0.3) is 0 Å². The molecule has 0 radical (unpaired) electrons. The molecule has 0 fully saturated rings. The number of hydrogen-bond donors (Lipinski definition) is 1. The molecule has 130 valence electrons. The number of esters is 1. The van der Waals surface area contributed by atoms with Gasteiger partial charge in [-0.15, -0.1) is 0 Å². The number of nitrogens with two attached hydrogens (primary N) is 1. The van der Waals surface area contributed by atoms with Crippen LogP contribution in [0.4, 0.5) is 11.5 Å². The summed E-state index contributed by atoms with van der Waals surface area (Å²) in [4.78, 5) is 19.3. The minimum absolute atomic E-state index is 0.0491. The Morgan fingerprint density at radius 1 is 1.46 bits per heavy atom. The normalized spacial score (nSPS) is 11.5. The molecule has 0 saturated heterocycles. The standard InChI is InChI=1S/C18H14N4O4/c1-3-24-15(23)7-12-11(8-19)16(17(21-2)18(20)22-12)10-4-5-13-14(6-10)26-9-25-13/h4-6H,3,7,9H2,1H3,(H2,20,22). The van der Waals surface area contributed by atoms with E-state index in [1.165, 1.54) is 0 Å². The van der Waals surface area contributed by atoms with Crippen molar-refractivity contribution in [3.05, 3.63) is 40.9 Å². The van der Waals surface area contributed by atoms with E-state index in [1.54, 1.807) is 25.1 Å². The number of nitrogen functional groups attached to an aromatic ring is 1. The lowest BCUT2D eigenvalue weighted by Crippen LogP contribution is -2.12. The van der Waals surface area contributed by atoms with Crippen LogP contribution >= 0.6 is 0 Å². The second kappa shape index (κ2) is 6.99. The van der Waals surface area contributed by atoms with E-state index in [2.05, 4.69) is 9.83 Å². The number of fused-ring (bicyclic) bond motifs is 1. The molecule has 2 heterocycles. The summed E-state index contributed by atoms with van der Waals surface area (Å²) < 4.78 is 15.6. The number of nitriles is 1. The van der Waals surface area contributed by atoms with Gasteiger partial charge < -0.3 is 19.9 Å². The summed E-state index contributed by atoms with van der Waals surface area (Å²) >= 11 is 0. The maximum Gasteiger partial charge on any atom is 0.311 e. The van der Waals surface area contributed by atoms with Crippen LogP contribution in [0.15, 0.2) is 18.2 Å². The van der Waals surface area contributed by atoms with Crippen LogP contribution in [0.3, 0.4) is 0 Å². The zero-order valence-corrected chi connectivity index (χ0v) is 13.9. The molecule has 0 unspecified atom stereocenters. The summed E-state index contributed by atoms with van der Waals surface area (Å²) in [5.41, 5.74) is 7.11. The molecule has 0 atom stereocenters. The highest BCUT2D eigenvalue weighted by atomic mass is 16.7. The summed E-state index contributed by atoms with van der Waals surface area (Å²) in [6, 6.07) is 7.10. The van der Waals surface area contributed by atoms with Crippen LogP contribution in [0, 0.1) is 17.9 Å². The van der Waals surface area contributed by atoms with Crippen molar-refractivity contribution in [3.63, 3.8) is 0 Å². The highest BCUT2D eigenvalue weighted by Gasteiger charge is 2.23. The van der Waals surface area contributed by atoms with E-state index < -0.39 is 5.97 Å². The summed E-state index contributed by atoms with van der Waals surface area (Å²) in [5.74, 6) is 0.504. The van der Waals surface area contributed by atoms with Gasteiger partial charge in [0, 0.05) is 5.56 Å². The second-order valence-corrected chi connectivity index (χ2v) is 5.32. The van der Waals surface area contributed by atoms with Crippen molar-refractivity contribution in [1.82, 2.24) is 4.98 Å². The minimum Gasteiger partial charge on any atom is -0.466 e. The number of rotatable bonds is 4. The van der Waals surface area contributed by atoms with Crippen LogP contribution in [0.1, 0.15) is 18.2 Å². The van der Waals surface area contributed by atoms with Gasteiger partial charge in [-0.25, -0.2) is 9.83 Å². The lowest BCUT2D eigenvalue weighted by Gasteiger charge is -2.13. The first-order chi connectivity index (χ1) is 12.6. The molecule has 0 bridgehead atoms. The smallest absolute Gasteiger partial charge is 0.311 e. The Morgan fingerprint density at radius 2 is 2.23 bits per heavy atom. The summed E-state index contributed by atoms with van der Waals surface area (Å²) in [6.07, 6.45) is -0.212. The molecule has 26 heavy (non-hydrogen) atoms. The summed E-state index contributed by atoms with van der Waals surface area (Å²) in [7, 11) is 0. The predicted octanol–water partition coefficient (Wildman–Crippen LogP) is 2.59. The molecule has 8 heteroatoms. The van der Waals surface area contributed by atoms with Crippen molar-refractivity contribution in [3.8, 4) is 28.7 Å². The quantitative estimate of drug-likeness (QED) is 0.666. The van der Waals surface area contributed by atoms with E-state index >= 15 is 0 Å². The first-order valence-corrected chi connectivity index (χ1v) is 7.74. The van der Waals surface area contributed by atoms with Crippen LogP contribution in [0.2, 0.25) is 0 Å². The largest absolute Gasteiger partial charge is 0.466 e. The topological polar surface area (TPSA) is 112 Å². The van der Waals surface area contributed by atoms with Gasteiger partial charge in [0.15, 0.2) is 11.5 Å². The molecule has 0 amide bonds. The fourth-order valence-electron chi connectivity index (χ4n) is 2.69. The monoisotopic (exact) mass is 350 g/mol. The van der Waals surface area contributed by atoms with Gasteiger partial charge in [-0.2, -0.15) is 5.26 Å². The summed E-state index contributed by atoms with van der Waals surface area (Å²) in [6.45, 7) is 9.43. The third-order valence-electron chi connectivity index (χ3n) is 3.78. The first-order valence-electron chi connectivity index (χ1n) is 7.74. The minimum atomic E-state index is -0.525. The Labute approximate surface area is 149 Å². The van der Waals surface area contributed by atoms with Gasteiger partial charge in [-0.1, -0.05) is 6.07 Å². The molecule has 8 nitrogen and oxygen atoms in total. The van der Waals surface area contributed by atoms with Crippen LogP contribution in [-0.4, -0.2) is 24.4 Å². The van der Waals surface area contributed by atoms with Crippen LogP contribution < -0.4 is 15.2 Å². The molecule has 1 aromatic carbocycles. The summed E-state index contributed by atoms with van der Waals surface area (Å²) in [5, 5.41) is 9.67. The van der Waals surface area contributed by atoms with Crippen molar-refractivity contribution in [2.75, 3.05) is 19.1 Å². The van der Waals surface area contributed by atoms with Crippen LogP contribution in [0.25, 0.3) is 16.0 Å². The van der Waals surface area contributed by atoms with Crippen LogP contribution in [0.5, 0.6) is 11.5 Å². The second-order valence-electron chi connectivity index (χ2n) is 5.32. The number of benzene rings is 1. The third kappa shape index (κ3) is 2.96. The van der Waals surface area contributed by atoms with E-state index in [-0.39, 0.29) is 42.6 Å². The molecule has 0 saturated carbocycles. The molecule has 1 aromatic heterocycles. The number of carbonyl (C=O) groups is 1. The lowest BCUT2D eigenvalue weighted by molar-refractivity contribution is -0.142. The number of nitrogens with zero attached hydrogens (tertiary/aromatic N) is 3. The maximum absolute atomic E-state index is 11.8. The van der Waals surface area contributed by atoms with Gasteiger partial charge in [-0.05, 0) is 24.6 Å². The number of anilines is 1. The van der Waals surface area contributed by atoms with E-state index in [9.17, 15) is 10.1 Å². The molecule has 3 rings (SSSR count). The van der Waals surface area contributed by atoms with E-state index in [0.717, 1.165) is 0 Å². The van der Waals surface area contributed by atoms with Crippen molar-refractivity contribution in [2.45, 2.75) is 13.3 Å². The maximum atomic E-state index is 11.8. The zero-order chi connectivity index (χ0) is 18.7. The molecular weight excluding hydrogens is 336 g/mol. The molecule has 2 aromatic rings. The predicted molar refractivity (Wildman–Crippen MR) is 91.5 cm³/mol. The van der Waals surface area contributed by atoms with E-state index in [4.69, 9.17) is 26.5 Å². The highest BCUT2D eigenvalue weighted by Crippen LogP contribution is 2.42. The van der Waals surface area contributed by atoms with Crippen molar-refractivity contribution >= 4 is 17.5 Å². The Morgan fingerprint density at radius 3 is 2.92 bits per heavy atom. The van der Waals surface area contributed by atoms with Crippen molar-refractivity contribution in [1.29, 1.82) is 5.26 Å². The van der Waals surface area contributed by atoms with Crippen molar-refractivity contribution < 1.29 is 19.0 Å². The molecule has 2 N–H and O–H groups in total. The molecule has 0 spiro atoms. The average molecular weight is 350 g/mol. The SMILES string of the molecule is [C-]#[N+]c1c(N)nc(CC(=O)OCC)c(C#N)c1-c1ccc2c(c1)OCO2. The lowest BCUT2D eigenvalue weighted by atomic mass is 9.96. The van der Waals surface area contributed by atoms with Gasteiger partial charge in [0.05, 0.1) is 30.9 Å². The number of aromatic nitrogens is 1. The van der Waals surface area contributed by atoms with Gasteiger partial charge >= 0.3 is 5.97 Å². The molecular formula is C18H14N4O4. The van der Waals surface area contributed by atoms with Gasteiger partial charge in [0.1, 0.15) is 11.9 Å². The Kier molecular flexibility index (Phi) is 4.59. The zero-order valence-electron chi connectivity index (χ0n) is 13.9. The van der Waals surface area contributed by atoms with Gasteiger partial charge in [-0.3, -0.25) is 4.79 Å². The number of hydrogen-bond acceptors (Lipinski definition) is 7. The molecule has 1 aliphatic rings. The fourth-order valence-corrected chi connectivity index (χ4v) is 2.69. The Bertz CT molecular complexity index is 973. The number of ether oxygens (including phenoxy) is 3. The fraction of sp³-hybridized carbons (Fsp3) is 0.222. The van der Waals surface area contributed by atoms with Crippen LogP contribution in [-0.2, 0) is 16.0 Å². The Hall–Kier alpha value is -3.78. The number of pyridine rings is 1. The van der Waals surface area contributed by atoms with Gasteiger partial charge in [0.2, 0.25) is 12.5 Å². The molecule has 1 aliphatic heterocycles. The van der Waals surface area contributed by atoms with E-state index in [0.29, 0.717) is 22.6 Å².